The highest BCUT2D eigenvalue weighted by Crippen LogP contribution is 2.20. The lowest BCUT2D eigenvalue weighted by atomic mass is 10.0. The van der Waals surface area contributed by atoms with Crippen molar-refractivity contribution in [2.45, 2.75) is 20.3 Å². The molecule has 1 rings (SSSR count). The number of benzene rings is 1. The average molecular weight is 180 g/mol. The number of aryl methyl sites for hydroxylation is 2. The summed E-state index contributed by atoms with van der Waals surface area (Å²) >= 11 is 5.90. The topological polar surface area (TPSA) is 23.8 Å². The molecule has 62 valence electrons. The van der Waals surface area contributed by atoms with Crippen LogP contribution in [0.5, 0.6) is 0 Å². The second-order valence-corrected chi connectivity index (χ2v) is 3.27. The molecule has 0 bridgehead atoms. The van der Waals surface area contributed by atoms with Crippen molar-refractivity contribution < 1.29 is 0 Å². The lowest BCUT2D eigenvalue weighted by Crippen LogP contribution is -1.89. The molecule has 0 radical (unpaired) electrons. The lowest BCUT2D eigenvalue weighted by Gasteiger charge is -2.04. The molecule has 0 spiro atoms. The Morgan fingerprint density at radius 1 is 1.33 bits per heavy atom. The van der Waals surface area contributed by atoms with Gasteiger partial charge in [0.15, 0.2) is 0 Å². The zero-order valence-corrected chi connectivity index (χ0v) is 7.94. The van der Waals surface area contributed by atoms with Crippen LogP contribution in [0.1, 0.15) is 16.7 Å². The zero-order chi connectivity index (χ0) is 9.14. The second-order valence-electron chi connectivity index (χ2n) is 2.86. The fourth-order valence-electron chi connectivity index (χ4n) is 1.12. The molecular weight excluding hydrogens is 170 g/mol. The third-order valence-electron chi connectivity index (χ3n) is 1.89. The summed E-state index contributed by atoms with van der Waals surface area (Å²) in [5.74, 6) is 0. The number of hydrogen-bond donors (Lipinski definition) is 0. The quantitative estimate of drug-likeness (QED) is 0.650. The summed E-state index contributed by atoms with van der Waals surface area (Å²) in [6, 6.07) is 6.01. The van der Waals surface area contributed by atoms with Crippen molar-refractivity contribution in [3.63, 3.8) is 0 Å². The molecule has 0 saturated heterocycles. The molecule has 0 fully saturated rings. The molecule has 0 unspecified atom stereocenters. The van der Waals surface area contributed by atoms with Gasteiger partial charge in [0.05, 0.1) is 12.5 Å². The van der Waals surface area contributed by atoms with Gasteiger partial charge in [0.1, 0.15) is 0 Å². The first-order valence-electron chi connectivity index (χ1n) is 3.77. The fraction of sp³-hybridized carbons (Fsp3) is 0.300. The van der Waals surface area contributed by atoms with E-state index in [1.807, 2.05) is 26.0 Å². The standard InChI is InChI=1S/C10H10ClN/c1-7-6-10(11)8(2)5-9(7)3-4-12/h5-6H,3H2,1-2H3. The maximum Gasteiger partial charge on any atom is 0.0669 e. The molecule has 1 aromatic carbocycles. The van der Waals surface area contributed by atoms with Crippen LogP contribution in [0.25, 0.3) is 0 Å². The van der Waals surface area contributed by atoms with Crippen molar-refractivity contribution >= 4 is 11.6 Å². The zero-order valence-electron chi connectivity index (χ0n) is 7.19. The number of rotatable bonds is 1. The number of nitriles is 1. The number of nitrogens with zero attached hydrogens (tertiary/aromatic N) is 1. The number of halogens is 1. The highest BCUT2D eigenvalue weighted by Gasteiger charge is 2.01. The van der Waals surface area contributed by atoms with E-state index in [0.29, 0.717) is 6.42 Å². The predicted octanol–water partition coefficient (Wildman–Crippen LogP) is 3.02. The van der Waals surface area contributed by atoms with Gasteiger partial charge < -0.3 is 0 Å². The van der Waals surface area contributed by atoms with E-state index in [-0.39, 0.29) is 0 Å². The Labute approximate surface area is 77.6 Å². The van der Waals surface area contributed by atoms with Crippen LogP contribution in [0.4, 0.5) is 0 Å². The van der Waals surface area contributed by atoms with Crippen LogP contribution in [-0.4, -0.2) is 0 Å². The van der Waals surface area contributed by atoms with Crippen LogP contribution >= 0.6 is 11.6 Å². The van der Waals surface area contributed by atoms with Crippen LogP contribution in [0, 0.1) is 25.2 Å². The Morgan fingerprint density at radius 2 is 2.00 bits per heavy atom. The smallest absolute Gasteiger partial charge is 0.0669 e. The molecule has 0 aliphatic heterocycles. The summed E-state index contributed by atoms with van der Waals surface area (Å²) in [7, 11) is 0. The van der Waals surface area contributed by atoms with E-state index in [2.05, 4.69) is 6.07 Å². The van der Waals surface area contributed by atoms with Crippen LogP contribution in [-0.2, 0) is 6.42 Å². The molecule has 0 saturated carbocycles. The van der Waals surface area contributed by atoms with Crippen molar-refractivity contribution in [1.82, 2.24) is 0 Å². The first kappa shape index (κ1) is 9.09. The van der Waals surface area contributed by atoms with Crippen LogP contribution in [0.2, 0.25) is 5.02 Å². The van der Waals surface area contributed by atoms with Crippen molar-refractivity contribution in [1.29, 1.82) is 5.26 Å². The van der Waals surface area contributed by atoms with Crippen molar-refractivity contribution in [3.05, 3.63) is 33.8 Å². The van der Waals surface area contributed by atoms with Gasteiger partial charge in [-0.2, -0.15) is 5.26 Å². The molecular formula is C10H10ClN. The first-order chi connectivity index (χ1) is 5.65. The van der Waals surface area contributed by atoms with Gasteiger partial charge in [-0.25, -0.2) is 0 Å². The Morgan fingerprint density at radius 3 is 2.58 bits per heavy atom. The summed E-state index contributed by atoms with van der Waals surface area (Å²) in [4.78, 5) is 0. The van der Waals surface area contributed by atoms with Crippen molar-refractivity contribution in [2.24, 2.45) is 0 Å². The minimum absolute atomic E-state index is 0.462. The summed E-state index contributed by atoms with van der Waals surface area (Å²) < 4.78 is 0. The predicted molar refractivity (Wildman–Crippen MR) is 50.2 cm³/mol. The minimum Gasteiger partial charge on any atom is -0.198 e. The van der Waals surface area contributed by atoms with Gasteiger partial charge in [0, 0.05) is 5.02 Å². The fourth-order valence-corrected chi connectivity index (χ4v) is 1.33. The van der Waals surface area contributed by atoms with E-state index in [9.17, 15) is 0 Å². The Hall–Kier alpha value is -1.000. The van der Waals surface area contributed by atoms with Gasteiger partial charge in [-0.05, 0) is 36.6 Å². The molecule has 0 atom stereocenters. The molecule has 0 aromatic heterocycles. The average Bonchev–Trinajstić information content (AvgIpc) is 2.01. The molecule has 2 heteroatoms. The van der Waals surface area contributed by atoms with E-state index in [4.69, 9.17) is 16.9 Å². The third kappa shape index (κ3) is 1.78. The maximum atomic E-state index is 8.52. The van der Waals surface area contributed by atoms with Gasteiger partial charge in [-0.15, -0.1) is 0 Å². The molecule has 0 aliphatic carbocycles. The van der Waals surface area contributed by atoms with Gasteiger partial charge in [0.25, 0.3) is 0 Å². The Kier molecular flexibility index (Phi) is 2.73. The van der Waals surface area contributed by atoms with Gasteiger partial charge in [-0.1, -0.05) is 17.7 Å². The van der Waals surface area contributed by atoms with Crippen LogP contribution in [0.15, 0.2) is 12.1 Å². The van der Waals surface area contributed by atoms with Gasteiger partial charge in [-0.3, -0.25) is 0 Å². The Balaban J connectivity index is 3.16. The van der Waals surface area contributed by atoms with E-state index in [1.165, 1.54) is 0 Å². The van der Waals surface area contributed by atoms with Gasteiger partial charge in [0.2, 0.25) is 0 Å². The number of hydrogen-bond acceptors (Lipinski definition) is 1. The summed E-state index contributed by atoms with van der Waals surface area (Å²) in [5, 5.41) is 9.29. The molecule has 1 aromatic rings. The van der Waals surface area contributed by atoms with Crippen LogP contribution < -0.4 is 0 Å². The summed E-state index contributed by atoms with van der Waals surface area (Å²) in [6.45, 7) is 3.92. The SMILES string of the molecule is Cc1cc(CC#N)c(C)cc1Cl. The summed E-state index contributed by atoms with van der Waals surface area (Å²) in [5.41, 5.74) is 3.19. The second kappa shape index (κ2) is 3.60. The molecule has 1 nitrogen and oxygen atoms in total. The monoisotopic (exact) mass is 179 g/mol. The molecule has 0 aliphatic rings. The van der Waals surface area contributed by atoms with E-state index in [1.54, 1.807) is 0 Å². The minimum atomic E-state index is 0.462. The maximum absolute atomic E-state index is 8.52. The van der Waals surface area contributed by atoms with Crippen molar-refractivity contribution in [2.75, 3.05) is 0 Å². The normalized spacial score (nSPS) is 9.50. The summed E-state index contributed by atoms with van der Waals surface area (Å²) in [6.07, 6.45) is 0.462. The highest BCUT2D eigenvalue weighted by molar-refractivity contribution is 6.31. The molecule has 0 heterocycles. The lowest BCUT2D eigenvalue weighted by molar-refractivity contribution is 1.20. The molecule has 12 heavy (non-hydrogen) atoms. The third-order valence-corrected chi connectivity index (χ3v) is 2.29. The highest BCUT2D eigenvalue weighted by atomic mass is 35.5. The largest absolute Gasteiger partial charge is 0.198 e. The van der Waals surface area contributed by atoms with Gasteiger partial charge >= 0.3 is 0 Å². The van der Waals surface area contributed by atoms with Crippen molar-refractivity contribution in [3.8, 4) is 6.07 Å². The van der Waals surface area contributed by atoms with E-state index < -0.39 is 0 Å². The first-order valence-corrected chi connectivity index (χ1v) is 4.15. The molecule has 0 amide bonds. The molecule has 0 N–H and O–H groups in total. The van der Waals surface area contributed by atoms with E-state index >= 15 is 0 Å². The Bertz CT molecular complexity index is 336. The van der Waals surface area contributed by atoms with E-state index in [0.717, 1.165) is 21.7 Å². The van der Waals surface area contributed by atoms with Crippen LogP contribution in [0.3, 0.4) is 0 Å².